The zero-order valence-corrected chi connectivity index (χ0v) is 14.3. The summed E-state index contributed by atoms with van der Waals surface area (Å²) in [6.07, 6.45) is 0. The molecule has 0 spiro atoms. The van der Waals surface area contributed by atoms with Crippen molar-refractivity contribution in [2.24, 2.45) is 11.1 Å². The molecule has 25 heavy (non-hydrogen) atoms. The summed E-state index contributed by atoms with van der Waals surface area (Å²) < 4.78 is 36.9. The minimum Gasteiger partial charge on any atom is -0.454 e. The van der Waals surface area contributed by atoms with Crippen molar-refractivity contribution in [2.75, 3.05) is 19.9 Å². The molecule has 0 radical (unpaired) electrons. The van der Waals surface area contributed by atoms with E-state index < -0.39 is 20.5 Å². The van der Waals surface area contributed by atoms with Crippen LogP contribution < -0.4 is 15.2 Å². The second-order valence-corrected chi connectivity index (χ2v) is 8.53. The number of aliphatic hydroxyl groups excluding tert-OH is 1. The van der Waals surface area contributed by atoms with Gasteiger partial charge < -0.3 is 20.3 Å². The Morgan fingerprint density at radius 1 is 1.12 bits per heavy atom. The summed E-state index contributed by atoms with van der Waals surface area (Å²) in [6.45, 7) is -0.0596. The fourth-order valence-electron chi connectivity index (χ4n) is 3.81. The van der Waals surface area contributed by atoms with Gasteiger partial charge in [-0.3, -0.25) is 0 Å². The van der Waals surface area contributed by atoms with Gasteiger partial charge in [0.2, 0.25) is 6.79 Å². The SMILES string of the molecule is NC[C@]1(CO)[C@@H](c2ccc3c(c2)OCO3)[C@@H]1S(=O)(=O)c1ccccc1. The van der Waals surface area contributed by atoms with Crippen molar-refractivity contribution >= 4 is 9.84 Å². The molecule has 0 unspecified atom stereocenters. The van der Waals surface area contributed by atoms with Crippen LogP contribution in [0.5, 0.6) is 11.5 Å². The van der Waals surface area contributed by atoms with Crippen molar-refractivity contribution in [3.63, 3.8) is 0 Å². The number of rotatable bonds is 5. The van der Waals surface area contributed by atoms with E-state index in [0.29, 0.717) is 11.5 Å². The van der Waals surface area contributed by atoms with Crippen LogP contribution in [-0.2, 0) is 9.84 Å². The van der Waals surface area contributed by atoms with Gasteiger partial charge in [-0.25, -0.2) is 8.42 Å². The molecule has 3 atom stereocenters. The predicted octanol–water partition coefficient (Wildman–Crippen LogP) is 1.29. The van der Waals surface area contributed by atoms with E-state index in [1.165, 1.54) is 0 Å². The summed E-state index contributed by atoms with van der Waals surface area (Å²) in [5, 5.41) is 9.20. The summed E-state index contributed by atoms with van der Waals surface area (Å²) in [4.78, 5) is 0.245. The number of ether oxygens (including phenoxy) is 2. The summed E-state index contributed by atoms with van der Waals surface area (Å²) in [6, 6.07) is 13.7. The Balaban J connectivity index is 1.77. The molecular weight excluding hydrogens is 342 g/mol. The molecule has 1 aliphatic carbocycles. The monoisotopic (exact) mass is 361 g/mol. The predicted molar refractivity (Wildman–Crippen MR) is 91.3 cm³/mol. The van der Waals surface area contributed by atoms with Crippen molar-refractivity contribution in [1.29, 1.82) is 0 Å². The second-order valence-electron chi connectivity index (χ2n) is 6.46. The molecule has 4 rings (SSSR count). The van der Waals surface area contributed by atoms with Crippen LogP contribution in [0.1, 0.15) is 11.5 Å². The summed E-state index contributed by atoms with van der Waals surface area (Å²) in [7, 11) is -3.62. The molecule has 0 amide bonds. The molecule has 2 aromatic carbocycles. The van der Waals surface area contributed by atoms with Crippen LogP contribution in [0.4, 0.5) is 0 Å². The molecule has 1 fully saturated rings. The first-order valence-corrected chi connectivity index (χ1v) is 9.58. The number of sulfone groups is 1. The van der Waals surface area contributed by atoms with Crippen molar-refractivity contribution in [1.82, 2.24) is 0 Å². The van der Waals surface area contributed by atoms with Gasteiger partial charge in [0, 0.05) is 17.9 Å². The quantitative estimate of drug-likeness (QED) is 0.833. The third-order valence-corrected chi connectivity index (χ3v) is 7.56. The first-order valence-electron chi connectivity index (χ1n) is 8.04. The van der Waals surface area contributed by atoms with E-state index in [2.05, 4.69) is 0 Å². The maximum absolute atomic E-state index is 13.1. The van der Waals surface area contributed by atoms with Gasteiger partial charge in [-0.2, -0.15) is 0 Å². The van der Waals surface area contributed by atoms with E-state index >= 15 is 0 Å². The molecule has 1 aliphatic heterocycles. The molecule has 0 bridgehead atoms. The van der Waals surface area contributed by atoms with Crippen molar-refractivity contribution in [2.45, 2.75) is 16.1 Å². The van der Waals surface area contributed by atoms with Crippen molar-refractivity contribution < 1.29 is 23.0 Å². The Bertz CT molecular complexity index is 893. The number of fused-ring (bicyclic) bond motifs is 1. The van der Waals surface area contributed by atoms with Crippen LogP contribution in [-0.4, -0.2) is 38.7 Å². The Morgan fingerprint density at radius 2 is 1.84 bits per heavy atom. The third-order valence-electron chi connectivity index (χ3n) is 5.22. The normalized spacial score (nSPS) is 27.3. The smallest absolute Gasteiger partial charge is 0.231 e. The fraction of sp³-hybridized carbons (Fsp3) is 0.333. The lowest BCUT2D eigenvalue weighted by molar-refractivity contribution is 0.174. The zero-order valence-electron chi connectivity index (χ0n) is 13.5. The van der Waals surface area contributed by atoms with Crippen molar-refractivity contribution in [3.05, 3.63) is 54.1 Å². The van der Waals surface area contributed by atoms with Crippen LogP contribution in [0.3, 0.4) is 0 Å². The highest BCUT2D eigenvalue weighted by molar-refractivity contribution is 7.92. The molecule has 1 heterocycles. The molecular formula is C18H19NO5S. The maximum atomic E-state index is 13.1. The van der Waals surface area contributed by atoms with E-state index in [4.69, 9.17) is 15.2 Å². The standard InChI is InChI=1S/C18H19NO5S/c19-9-18(10-20)16(12-6-7-14-15(8-12)24-11-23-14)17(18)25(21,22)13-4-2-1-3-5-13/h1-8,16-17,20H,9-11,19H2/t16-,17-,18-/m0/s1. The number of aliphatic hydroxyl groups is 1. The van der Waals surface area contributed by atoms with Crippen LogP contribution in [0.25, 0.3) is 0 Å². The highest BCUT2D eigenvalue weighted by Gasteiger charge is 2.70. The Hall–Kier alpha value is -2.09. The summed E-state index contributed by atoms with van der Waals surface area (Å²) >= 11 is 0. The Kier molecular flexibility index (Phi) is 3.75. The average molecular weight is 361 g/mol. The van der Waals surface area contributed by atoms with Gasteiger partial charge in [-0.05, 0) is 29.8 Å². The third kappa shape index (κ3) is 2.34. The van der Waals surface area contributed by atoms with Crippen LogP contribution in [0, 0.1) is 5.41 Å². The summed E-state index contributed by atoms with van der Waals surface area (Å²) in [5.41, 5.74) is 5.80. The van der Waals surface area contributed by atoms with Gasteiger partial charge in [-0.15, -0.1) is 0 Å². The zero-order chi connectivity index (χ0) is 17.7. The molecule has 6 nitrogen and oxygen atoms in total. The molecule has 1 saturated carbocycles. The Labute approximate surface area is 146 Å². The minimum absolute atomic E-state index is 0.0827. The molecule has 3 N–H and O–H groups in total. The molecule has 2 aliphatic rings. The van der Waals surface area contributed by atoms with Crippen LogP contribution in [0.15, 0.2) is 53.4 Å². The van der Waals surface area contributed by atoms with Gasteiger partial charge in [0.1, 0.15) is 0 Å². The highest BCUT2D eigenvalue weighted by Crippen LogP contribution is 2.63. The van der Waals surface area contributed by atoms with E-state index in [-0.39, 0.29) is 30.8 Å². The van der Waals surface area contributed by atoms with Gasteiger partial charge in [0.25, 0.3) is 0 Å². The lowest BCUT2D eigenvalue weighted by Gasteiger charge is -2.12. The number of hydrogen-bond donors (Lipinski definition) is 2. The number of hydrogen-bond acceptors (Lipinski definition) is 6. The van der Waals surface area contributed by atoms with Crippen LogP contribution in [0.2, 0.25) is 0 Å². The molecule has 2 aromatic rings. The largest absolute Gasteiger partial charge is 0.454 e. The first-order chi connectivity index (χ1) is 12.0. The summed E-state index contributed by atoms with van der Waals surface area (Å²) in [5.74, 6) is 0.834. The van der Waals surface area contributed by atoms with E-state index in [9.17, 15) is 13.5 Å². The average Bonchev–Trinajstić information content (AvgIpc) is 3.12. The minimum atomic E-state index is -3.62. The highest BCUT2D eigenvalue weighted by atomic mass is 32.2. The Morgan fingerprint density at radius 3 is 2.52 bits per heavy atom. The number of nitrogens with two attached hydrogens (primary N) is 1. The van der Waals surface area contributed by atoms with E-state index in [1.54, 1.807) is 42.5 Å². The number of benzene rings is 2. The lowest BCUT2D eigenvalue weighted by atomic mass is 10.00. The molecule has 7 heteroatoms. The molecule has 132 valence electrons. The van der Waals surface area contributed by atoms with Crippen molar-refractivity contribution in [3.8, 4) is 11.5 Å². The second kappa shape index (κ2) is 5.72. The van der Waals surface area contributed by atoms with Gasteiger partial charge in [-0.1, -0.05) is 24.3 Å². The fourth-order valence-corrected chi connectivity index (χ4v) is 6.28. The molecule has 0 aromatic heterocycles. The molecule has 0 saturated heterocycles. The lowest BCUT2D eigenvalue weighted by Crippen LogP contribution is -2.27. The van der Waals surface area contributed by atoms with Gasteiger partial charge >= 0.3 is 0 Å². The van der Waals surface area contributed by atoms with E-state index in [0.717, 1.165) is 5.56 Å². The first kappa shape index (κ1) is 16.4. The topological polar surface area (TPSA) is 98.8 Å². The van der Waals surface area contributed by atoms with Crippen LogP contribution >= 0.6 is 0 Å². The van der Waals surface area contributed by atoms with Gasteiger partial charge in [0.15, 0.2) is 21.3 Å². The van der Waals surface area contributed by atoms with Gasteiger partial charge in [0.05, 0.1) is 16.8 Å². The van der Waals surface area contributed by atoms with E-state index in [1.807, 2.05) is 6.07 Å². The maximum Gasteiger partial charge on any atom is 0.231 e.